The second-order valence-electron chi connectivity index (χ2n) is 4.55. The van der Waals surface area contributed by atoms with Crippen molar-refractivity contribution in [2.75, 3.05) is 6.61 Å². The van der Waals surface area contributed by atoms with Crippen LogP contribution in [0, 0.1) is 5.92 Å². The van der Waals surface area contributed by atoms with Gasteiger partial charge in [0.05, 0.1) is 0 Å². The van der Waals surface area contributed by atoms with E-state index in [9.17, 15) is 9.59 Å². The van der Waals surface area contributed by atoms with Crippen LogP contribution in [0.3, 0.4) is 0 Å². The Bertz CT molecular complexity index is 320. The topological polar surface area (TPSA) is 57.6 Å². The summed E-state index contributed by atoms with van der Waals surface area (Å²) < 4.78 is 0. The number of aliphatic hydroxyl groups is 1. The molecule has 0 aliphatic carbocycles. The Morgan fingerprint density at radius 2 is 1.56 bits per heavy atom. The molecule has 1 heterocycles. The van der Waals surface area contributed by atoms with Gasteiger partial charge in [-0.25, -0.2) is 0 Å². The second kappa shape index (κ2) is 4.78. The van der Waals surface area contributed by atoms with E-state index in [2.05, 4.69) is 0 Å². The summed E-state index contributed by atoms with van der Waals surface area (Å²) in [6.45, 7) is 7.23. The minimum Gasteiger partial charge on any atom is -0.396 e. The summed E-state index contributed by atoms with van der Waals surface area (Å²) in [4.78, 5) is 25.1. The summed E-state index contributed by atoms with van der Waals surface area (Å²) >= 11 is 0. The molecule has 4 heteroatoms. The lowest BCUT2D eigenvalue weighted by Gasteiger charge is -2.29. The lowest BCUT2D eigenvalue weighted by molar-refractivity contribution is -0.141. The van der Waals surface area contributed by atoms with Gasteiger partial charge < -0.3 is 5.11 Å². The van der Waals surface area contributed by atoms with Crippen LogP contribution < -0.4 is 0 Å². The van der Waals surface area contributed by atoms with E-state index in [4.69, 9.17) is 5.11 Å². The summed E-state index contributed by atoms with van der Waals surface area (Å²) in [5.74, 6) is -0.275. The molecule has 16 heavy (non-hydrogen) atoms. The molecule has 0 radical (unpaired) electrons. The molecule has 0 bridgehead atoms. The lowest BCUT2D eigenvalue weighted by Crippen LogP contribution is -2.44. The van der Waals surface area contributed by atoms with Gasteiger partial charge in [-0.3, -0.25) is 14.5 Å². The third kappa shape index (κ3) is 2.02. The van der Waals surface area contributed by atoms with Gasteiger partial charge in [0, 0.05) is 23.8 Å². The number of carbonyl (C=O) groups is 2. The Kier molecular flexibility index (Phi) is 3.86. The van der Waals surface area contributed by atoms with E-state index < -0.39 is 0 Å². The first-order valence-corrected chi connectivity index (χ1v) is 5.58. The first kappa shape index (κ1) is 12.9. The minimum atomic E-state index is -0.213. The second-order valence-corrected chi connectivity index (χ2v) is 4.55. The summed E-state index contributed by atoms with van der Waals surface area (Å²) in [5, 5.41) is 8.99. The van der Waals surface area contributed by atoms with Crippen LogP contribution >= 0.6 is 0 Å². The van der Waals surface area contributed by atoms with Gasteiger partial charge in [0.2, 0.25) is 0 Å². The molecule has 1 unspecified atom stereocenters. The Morgan fingerprint density at radius 1 is 1.12 bits per heavy atom. The van der Waals surface area contributed by atoms with E-state index in [0.717, 1.165) is 0 Å². The van der Waals surface area contributed by atoms with E-state index in [-0.39, 0.29) is 30.4 Å². The predicted octanol–water partition coefficient (Wildman–Crippen LogP) is 1.10. The monoisotopic (exact) mass is 225 g/mol. The van der Waals surface area contributed by atoms with Crippen molar-refractivity contribution in [3.05, 3.63) is 11.1 Å². The molecule has 4 nitrogen and oxygen atoms in total. The van der Waals surface area contributed by atoms with E-state index in [1.807, 2.05) is 13.8 Å². The van der Waals surface area contributed by atoms with Crippen LogP contribution in [-0.2, 0) is 9.59 Å². The number of hydrogen-bond acceptors (Lipinski definition) is 3. The van der Waals surface area contributed by atoms with Gasteiger partial charge in [0.25, 0.3) is 11.8 Å². The number of imide groups is 1. The van der Waals surface area contributed by atoms with Crippen molar-refractivity contribution in [3.8, 4) is 0 Å². The molecular weight excluding hydrogens is 206 g/mol. The van der Waals surface area contributed by atoms with Gasteiger partial charge in [-0.15, -0.1) is 0 Å². The Labute approximate surface area is 95.9 Å². The maximum absolute atomic E-state index is 11.9. The molecule has 1 atom stereocenters. The summed E-state index contributed by atoms with van der Waals surface area (Å²) in [5.41, 5.74) is 1.04. The van der Waals surface area contributed by atoms with Gasteiger partial charge in [0.15, 0.2) is 0 Å². The highest BCUT2D eigenvalue weighted by molar-refractivity contribution is 6.18. The zero-order chi connectivity index (χ0) is 12.5. The number of hydrogen-bond donors (Lipinski definition) is 1. The molecule has 0 aromatic carbocycles. The van der Waals surface area contributed by atoms with Gasteiger partial charge in [-0.2, -0.15) is 0 Å². The van der Waals surface area contributed by atoms with Gasteiger partial charge >= 0.3 is 0 Å². The van der Waals surface area contributed by atoms with Crippen LogP contribution in [0.5, 0.6) is 0 Å². The van der Waals surface area contributed by atoms with Crippen molar-refractivity contribution >= 4 is 11.8 Å². The molecular formula is C12H19NO3. The molecule has 1 aliphatic rings. The highest BCUT2D eigenvalue weighted by Crippen LogP contribution is 2.26. The average Bonchev–Trinajstić information content (AvgIpc) is 2.41. The molecule has 0 saturated heterocycles. The zero-order valence-electron chi connectivity index (χ0n) is 10.3. The SMILES string of the molecule is CC1=C(C)C(=O)N(C(CCO)C(C)C)C1=O. The normalized spacial score (nSPS) is 19.0. The third-order valence-corrected chi connectivity index (χ3v) is 3.17. The lowest BCUT2D eigenvalue weighted by atomic mass is 9.99. The first-order chi connectivity index (χ1) is 7.41. The third-order valence-electron chi connectivity index (χ3n) is 3.17. The van der Waals surface area contributed by atoms with Crippen molar-refractivity contribution in [3.63, 3.8) is 0 Å². The minimum absolute atomic E-state index is 0.0159. The highest BCUT2D eigenvalue weighted by Gasteiger charge is 2.38. The summed E-state index contributed by atoms with van der Waals surface area (Å²) in [6.07, 6.45) is 0.440. The summed E-state index contributed by atoms with van der Waals surface area (Å²) in [6, 6.07) is -0.211. The molecule has 1 rings (SSSR count). The van der Waals surface area contributed by atoms with E-state index in [1.165, 1.54) is 4.90 Å². The highest BCUT2D eigenvalue weighted by atomic mass is 16.3. The average molecular weight is 225 g/mol. The van der Waals surface area contributed by atoms with Crippen molar-refractivity contribution < 1.29 is 14.7 Å². The molecule has 1 aliphatic heterocycles. The Hall–Kier alpha value is -1.16. The van der Waals surface area contributed by atoms with Crippen molar-refractivity contribution in [2.24, 2.45) is 5.92 Å². The molecule has 0 fully saturated rings. The van der Waals surface area contributed by atoms with Crippen LogP contribution in [0.2, 0.25) is 0 Å². The fourth-order valence-corrected chi connectivity index (χ4v) is 1.97. The molecule has 0 saturated carbocycles. The number of aliphatic hydroxyl groups excluding tert-OH is 1. The summed E-state index contributed by atoms with van der Waals surface area (Å²) in [7, 11) is 0. The van der Waals surface area contributed by atoms with Crippen molar-refractivity contribution in [2.45, 2.75) is 40.2 Å². The van der Waals surface area contributed by atoms with Crippen LogP contribution in [0.25, 0.3) is 0 Å². The van der Waals surface area contributed by atoms with E-state index in [1.54, 1.807) is 13.8 Å². The maximum Gasteiger partial charge on any atom is 0.257 e. The maximum atomic E-state index is 11.9. The number of amides is 2. The number of carbonyl (C=O) groups excluding carboxylic acids is 2. The Balaban J connectivity index is 2.98. The quantitative estimate of drug-likeness (QED) is 0.729. The molecule has 2 amide bonds. The molecule has 0 spiro atoms. The number of rotatable bonds is 4. The standard InChI is InChI=1S/C12H19NO3/c1-7(2)10(5-6-14)13-11(15)8(3)9(4)12(13)16/h7,10,14H,5-6H2,1-4H3. The molecule has 1 N–H and O–H groups in total. The first-order valence-electron chi connectivity index (χ1n) is 5.58. The van der Waals surface area contributed by atoms with Crippen LogP contribution in [-0.4, -0.2) is 34.5 Å². The molecule has 0 aromatic heterocycles. The van der Waals surface area contributed by atoms with Crippen LogP contribution in [0.1, 0.15) is 34.1 Å². The Morgan fingerprint density at radius 3 is 1.88 bits per heavy atom. The van der Waals surface area contributed by atoms with E-state index >= 15 is 0 Å². The van der Waals surface area contributed by atoms with Crippen LogP contribution in [0.15, 0.2) is 11.1 Å². The molecule has 0 aromatic rings. The van der Waals surface area contributed by atoms with Gasteiger partial charge in [-0.1, -0.05) is 13.8 Å². The molecule has 90 valence electrons. The fraction of sp³-hybridized carbons (Fsp3) is 0.667. The van der Waals surface area contributed by atoms with Crippen molar-refractivity contribution in [1.29, 1.82) is 0 Å². The fourth-order valence-electron chi connectivity index (χ4n) is 1.97. The van der Waals surface area contributed by atoms with Gasteiger partial charge in [-0.05, 0) is 26.2 Å². The van der Waals surface area contributed by atoms with E-state index in [0.29, 0.717) is 17.6 Å². The smallest absolute Gasteiger partial charge is 0.257 e. The van der Waals surface area contributed by atoms with Gasteiger partial charge in [0.1, 0.15) is 0 Å². The predicted molar refractivity (Wildman–Crippen MR) is 60.6 cm³/mol. The van der Waals surface area contributed by atoms with Crippen LogP contribution in [0.4, 0.5) is 0 Å². The number of nitrogens with zero attached hydrogens (tertiary/aromatic N) is 1. The zero-order valence-corrected chi connectivity index (χ0v) is 10.3. The van der Waals surface area contributed by atoms with Crippen molar-refractivity contribution in [1.82, 2.24) is 4.90 Å². The largest absolute Gasteiger partial charge is 0.396 e.